The quantitative estimate of drug-likeness (QED) is 0.670. The molecule has 0 bridgehead atoms. The minimum Gasteiger partial charge on any atom is -0.481 e. The van der Waals surface area contributed by atoms with E-state index in [-0.39, 0.29) is 18.6 Å². The van der Waals surface area contributed by atoms with E-state index in [2.05, 4.69) is 5.32 Å². The molecular formula is C16H23NO5S. The van der Waals surface area contributed by atoms with Crippen molar-refractivity contribution in [2.24, 2.45) is 0 Å². The third-order valence-electron chi connectivity index (χ3n) is 3.26. The standard InChI is InChI=1S/C16H23NO5S/c1-2-10-23(21,22)12-15(18)17-14(8-9-16(19)20)11-13-6-4-3-5-7-13/h3-7,14H,2,8-12H2,1H3,(H,17,18)(H,19,20). The van der Waals surface area contributed by atoms with Crippen LogP contribution in [0.15, 0.2) is 30.3 Å². The van der Waals surface area contributed by atoms with Crippen molar-refractivity contribution in [3.63, 3.8) is 0 Å². The minimum absolute atomic E-state index is 0.0289. The first-order valence-electron chi connectivity index (χ1n) is 7.58. The smallest absolute Gasteiger partial charge is 0.303 e. The van der Waals surface area contributed by atoms with Gasteiger partial charge in [0.05, 0.1) is 5.75 Å². The van der Waals surface area contributed by atoms with Crippen LogP contribution < -0.4 is 5.32 Å². The van der Waals surface area contributed by atoms with E-state index in [9.17, 15) is 18.0 Å². The highest BCUT2D eigenvalue weighted by Gasteiger charge is 2.19. The zero-order valence-electron chi connectivity index (χ0n) is 13.2. The Labute approximate surface area is 136 Å². The van der Waals surface area contributed by atoms with Crippen LogP contribution in [0.25, 0.3) is 0 Å². The number of benzene rings is 1. The average molecular weight is 341 g/mol. The minimum atomic E-state index is -3.41. The number of hydrogen-bond acceptors (Lipinski definition) is 4. The highest BCUT2D eigenvalue weighted by molar-refractivity contribution is 7.92. The highest BCUT2D eigenvalue weighted by Crippen LogP contribution is 2.08. The molecule has 0 fully saturated rings. The second kappa shape index (κ2) is 9.29. The maximum absolute atomic E-state index is 11.9. The summed E-state index contributed by atoms with van der Waals surface area (Å²) in [6, 6.07) is 8.94. The normalized spacial score (nSPS) is 12.6. The van der Waals surface area contributed by atoms with Crippen molar-refractivity contribution < 1.29 is 23.1 Å². The van der Waals surface area contributed by atoms with Gasteiger partial charge >= 0.3 is 5.97 Å². The molecule has 0 spiro atoms. The summed E-state index contributed by atoms with van der Waals surface area (Å²) in [6.45, 7) is 1.74. The summed E-state index contributed by atoms with van der Waals surface area (Å²) < 4.78 is 23.4. The summed E-state index contributed by atoms with van der Waals surface area (Å²) in [7, 11) is -3.41. The molecule has 1 atom stereocenters. The maximum atomic E-state index is 11.9. The summed E-state index contributed by atoms with van der Waals surface area (Å²) >= 11 is 0. The molecule has 128 valence electrons. The van der Waals surface area contributed by atoms with E-state index in [1.54, 1.807) is 6.92 Å². The van der Waals surface area contributed by atoms with Crippen LogP contribution in [0.2, 0.25) is 0 Å². The van der Waals surface area contributed by atoms with Crippen LogP contribution in [0.3, 0.4) is 0 Å². The fourth-order valence-corrected chi connectivity index (χ4v) is 3.52. The Morgan fingerprint density at radius 3 is 2.43 bits per heavy atom. The number of carbonyl (C=O) groups excluding carboxylic acids is 1. The van der Waals surface area contributed by atoms with Gasteiger partial charge in [0.2, 0.25) is 5.91 Å². The molecule has 0 saturated carbocycles. The van der Waals surface area contributed by atoms with E-state index >= 15 is 0 Å². The zero-order chi connectivity index (χ0) is 17.3. The molecule has 1 rings (SSSR count). The predicted octanol–water partition coefficient (Wildman–Crippen LogP) is 1.40. The van der Waals surface area contributed by atoms with E-state index in [0.29, 0.717) is 12.8 Å². The van der Waals surface area contributed by atoms with Crippen LogP contribution >= 0.6 is 0 Å². The van der Waals surface area contributed by atoms with Crippen LogP contribution in [0, 0.1) is 0 Å². The molecule has 1 aromatic carbocycles. The summed E-state index contributed by atoms with van der Waals surface area (Å²) in [4.78, 5) is 22.7. The van der Waals surface area contributed by atoms with Crippen LogP contribution in [0.4, 0.5) is 0 Å². The van der Waals surface area contributed by atoms with Crippen molar-refractivity contribution in [2.45, 2.75) is 38.6 Å². The number of rotatable bonds is 10. The summed E-state index contributed by atoms with van der Waals surface area (Å²) in [5.41, 5.74) is 0.958. The summed E-state index contributed by atoms with van der Waals surface area (Å²) in [5.74, 6) is -2.11. The summed E-state index contributed by atoms with van der Waals surface area (Å²) in [5, 5.41) is 11.5. The third-order valence-corrected chi connectivity index (χ3v) is 5.00. The molecule has 0 saturated heterocycles. The van der Waals surface area contributed by atoms with E-state index in [1.165, 1.54) is 0 Å². The Bertz CT molecular complexity index is 613. The fraction of sp³-hybridized carbons (Fsp3) is 0.500. The Morgan fingerprint density at radius 2 is 1.87 bits per heavy atom. The molecule has 1 aromatic rings. The van der Waals surface area contributed by atoms with E-state index in [0.717, 1.165) is 5.56 Å². The van der Waals surface area contributed by atoms with Gasteiger partial charge in [0, 0.05) is 12.5 Å². The number of nitrogens with one attached hydrogen (secondary N) is 1. The van der Waals surface area contributed by atoms with Gasteiger partial charge in [0.25, 0.3) is 0 Å². The van der Waals surface area contributed by atoms with Gasteiger partial charge in [-0.25, -0.2) is 8.42 Å². The second-order valence-electron chi connectivity index (χ2n) is 5.48. The lowest BCUT2D eigenvalue weighted by molar-refractivity contribution is -0.137. The van der Waals surface area contributed by atoms with Crippen LogP contribution in [0.5, 0.6) is 0 Å². The molecule has 0 heterocycles. The second-order valence-corrected chi connectivity index (χ2v) is 7.66. The number of hydrogen-bond donors (Lipinski definition) is 2. The SMILES string of the molecule is CCCS(=O)(=O)CC(=O)NC(CCC(=O)O)Cc1ccccc1. The molecule has 0 aliphatic carbocycles. The van der Waals surface area contributed by atoms with E-state index < -0.39 is 33.5 Å². The van der Waals surface area contributed by atoms with Gasteiger partial charge in [-0.05, 0) is 24.8 Å². The van der Waals surface area contributed by atoms with Crippen molar-refractivity contribution in [3.8, 4) is 0 Å². The number of carboxylic acid groups (broad SMARTS) is 1. The number of carboxylic acids is 1. The Morgan fingerprint density at radius 1 is 1.22 bits per heavy atom. The third kappa shape index (κ3) is 8.35. The fourth-order valence-electron chi connectivity index (χ4n) is 2.27. The first-order valence-corrected chi connectivity index (χ1v) is 9.40. The van der Waals surface area contributed by atoms with Crippen molar-refractivity contribution in [2.75, 3.05) is 11.5 Å². The molecule has 0 aromatic heterocycles. The number of amides is 1. The molecule has 7 heteroatoms. The van der Waals surface area contributed by atoms with Gasteiger partial charge in [-0.1, -0.05) is 37.3 Å². The van der Waals surface area contributed by atoms with Gasteiger partial charge < -0.3 is 10.4 Å². The van der Waals surface area contributed by atoms with Crippen molar-refractivity contribution in [1.29, 1.82) is 0 Å². The Balaban J connectivity index is 2.68. The molecular weight excluding hydrogens is 318 g/mol. The number of sulfone groups is 1. The molecule has 6 nitrogen and oxygen atoms in total. The largest absolute Gasteiger partial charge is 0.481 e. The topological polar surface area (TPSA) is 101 Å². The van der Waals surface area contributed by atoms with Crippen molar-refractivity contribution >= 4 is 21.7 Å². The molecule has 23 heavy (non-hydrogen) atoms. The van der Waals surface area contributed by atoms with Crippen LogP contribution in [-0.2, 0) is 25.8 Å². The Hall–Kier alpha value is -1.89. The lowest BCUT2D eigenvalue weighted by Gasteiger charge is -2.18. The number of aliphatic carboxylic acids is 1. The molecule has 0 aliphatic rings. The first kappa shape index (κ1) is 19.2. The van der Waals surface area contributed by atoms with Crippen LogP contribution in [0.1, 0.15) is 31.7 Å². The van der Waals surface area contributed by atoms with E-state index in [4.69, 9.17) is 5.11 Å². The van der Waals surface area contributed by atoms with Crippen molar-refractivity contribution in [1.82, 2.24) is 5.32 Å². The van der Waals surface area contributed by atoms with E-state index in [1.807, 2.05) is 30.3 Å². The molecule has 0 aliphatic heterocycles. The summed E-state index contributed by atoms with van der Waals surface area (Å²) in [6.07, 6.45) is 1.10. The monoisotopic (exact) mass is 341 g/mol. The van der Waals surface area contributed by atoms with Gasteiger partial charge in [0.1, 0.15) is 5.75 Å². The predicted molar refractivity (Wildman–Crippen MR) is 87.9 cm³/mol. The number of carbonyl (C=O) groups is 2. The van der Waals surface area contributed by atoms with Gasteiger partial charge in [-0.3, -0.25) is 9.59 Å². The van der Waals surface area contributed by atoms with Crippen LogP contribution in [-0.4, -0.2) is 42.9 Å². The lowest BCUT2D eigenvalue weighted by atomic mass is 10.0. The lowest BCUT2D eigenvalue weighted by Crippen LogP contribution is -2.40. The molecule has 0 radical (unpaired) electrons. The van der Waals surface area contributed by atoms with Gasteiger partial charge in [-0.2, -0.15) is 0 Å². The average Bonchev–Trinajstić information content (AvgIpc) is 2.45. The van der Waals surface area contributed by atoms with Gasteiger partial charge in [-0.15, -0.1) is 0 Å². The zero-order valence-corrected chi connectivity index (χ0v) is 14.0. The molecule has 1 amide bonds. The molecule has 2 N–H and O–H groups in total. The first-order chi connectivity index (χ1) is 10.8. The molecule has 1 unspecified atom stereocenters. The highest BCUT2D eigenvalue weighted by atomic mass is 32.2. The van der Waals surface area contributed by atoms with Crippen molar-refractivity contribution in [3.05, 3.63) is 35.9 Å². The Kier molecular flexibility index (Phi) is 7.74. The maximum Gasteiger partial charge on any atom is 0.303 e. The van der Waals surface area contributed by atoms with Gasteiger partial charge in [0.15, 0.2) is 9.84 Å².